The largest absolute Gasteiger partial charge is 0.485 e. The number of alkyl halides is 3. The predicted molar refractivity (Wildman–Crippen MR) is 116 cm³/mol. The van der Waals surface area contributed by atoms with Gasteiger partial charge in [0.05, 0.1) is 5.56 Å². The highest BCUT2D eigenvalue weighted by Gasteiger charge is 2.29. The summed E-state index contributed by atoms with van der Waals surface area (Å²) in [5.74, 6) is 1.97. The molecule has 1 heterocycles. The van der Waals surface area contributed by atoms with Crippen LogP contribution in [-0.2, 0) is 18.5 Å². The number of hydrogen-bond acceptors (Lipinski definition) is 5. The van der Waals surface area contributed by atoms with Gasteiger partial charge in [-0.1, -0.05) is 41.6 Å². The lowest BCUT2D eigenvalue weighted by molar-refractivity contribution is -0.137. The number of aryl methyl sites for hydroxylation is 1. The summed E-state index contributed by atoms with van der Waals surface area (Å²) in [6.07, 6.45) is -4.33. The molecule has 3 aromatic carbocycles. The second-order valence-electron chi connectivity index (χ2n) is 7.11. The molecule has 0 radical (unpaired) electrons. The smallest absolute Gasteiger partial charge is 0.416 e. The van der Waals surface area contributed by atoms with E-state index < -0.39 is 11.7 Å². The summed E-state index contributed by atoms with van der Waals surface area (Å²) in [6.45, 7) is 2.21. The van der Waals surface area contributed by atoms with Crippen LogP contribution in [-0.4, -0.2) is 20.6 Å². The van der Waals surface area contributed by atoms with Crippen molar-refractivity contribution in [2.24, 2.45) is 0 Å². The molecule has 1 aromatic heterocycles. The van der Waals surface area contributed by atoms with Crippen molar-refractivity contribution in [3.63, 3.8) is 0 Å². The lowest BCUT2D eigenvalue weighted by atomic mass is 10.0. The Bertz CT molecular complexity index is 1180. The summed E-state index contributed by atoms with van der Waals surface area (Å²) < 4.78 is 44.1. The first kappa shape index (κ1) is 21.9. The highest BCUT2D eigenvalue weighted by Crippen LogP contribution is 2.32. The number of rotatable bonds is 7. The maximum atomic E-state index is 12.8. The monoisotopic (exact) mass is 456 g/mol. The first-order valence-electron chi connectivity index (χ1n) is 9.73. The topological polar surface area (TPSA) is 63.7 Å². The van der Waals surface area contributed by atoms with Gasteiger partial charge in [0.1, 0.15) is 5.75 Å². The van der Waals surface area contributed by atoms with Crippen LogP contribution < -0.4 is 4.74 Å². The Hall–Kier alpha value is -3.33. The third-order valence-electron chi connectivity index (χ3n) is 4.77. The van der Waals surface area contributed by atoms with Gasteiger partial charge < -0.3 is 4.74 Å². The van der Waals surface area contributed by atoms with Crippen LogP contribution in [0.5, 0.6) is 5.75 Å². The molecule has 0 bridgehead atoms. The number of nitrogens with one attached hydrogen (secondary N) is 1. The average Bonchev–Trinajstić information content (AvgIpc) is 3.30. The van der Waals surface area contributed by atoms with Gasteiger partial charge in [-0.25, -0.2) is 0 Å². The van der Waals surface area contributed by atoms with Gasteiger partial charge in [-0.2, -0.15) is 18.4 Å². The van der Waals surface area contributed by atoms with E-state index in [1.807, 2.05) is 43.3 Å². The van der Waals surface area contributed by atoms with Gasteiger partial charge in [0, 0.05) is 10.6 Å². The lowest BCUT2D eigenvalue weighted by Crippen LogP contribution is -2.03. The van der Waals surface area contributed by atoms with E-state index in [9.17, 15) is 13.2 Å². The highest BCUT2D eigenvalue weighted by molar-refractivity contribution is 7.98. The summed E-state index contributed by atoms with van der Waals surface area (Å²) in [5.41, 5.74) is 3.08. The number of halogens is 3. The lowest BCUT2D eigenvalue weighted by Gasteiger charge is -2.10. The molecule has 0 saturated carbocycles. The van der Waals surface area contributed by atoms with Crippen molar-refractivity contribution in [2.75, 3.05) is 0 Å². The van der Waals surface area contributed by atoms with E-state index in [0.29, 0.717) is 5.82 Å². The van der Waals surface area contributed by atoms with Crippen LogP contribution in [0.3, 0.4) is 0 Å². The molecule has 9 heteroatoms. The number of nitrogens with zero attached hydrogens (tertiary/aromatic N) is 3. The van der Waals surface area contributed by atoms with Crippen molar-refractivity contribution in [2.45, 2.75) is 30.4 Å². The minimum atomic E-state index is -4.33. The predicted octanol–water partition coefficient (Wildman–Crippen LogP) is 6.07. The zero-order valence-electron chi connectivity index (χ0n) is 17.1. The fourth-order valence-electron chi connectivity index (χ4n) is 3.12. The Labute approximate surface area is 187 Å². The van der Waals surface area contributed by atoms with Gasteiger partial charge in [-0.05, 0) is 59.5 Å². The van der Waals surface area contributed by atoms with Crippen LogP contribution in [0.1, 0.15) is 22.5 Å². The zero-order valence-corrected chi connectivity index (χ0v) is 17.9. The fourth-order valence-corrected chi connectivity index (χ4v) is 4.06. The van der Waals surface area contributed by atoms with Gasteiger partial charge in [0.2, 0.25) is 5.82 Å². The molecule has 0 fully saturated rings. The molecule has 4 aromatic rings. The van der Waals surface area contributed by atoms with Gasteiger partial charge in [0.25, 0.3) is 0 Å². The Morgan fingerprint density at radius 2 is 1.78 bits per heavy atom. The summed E-state index contributed by atoms with van der Waals surface area (Å²) in [4.78, 5) is 1.09. The first-order valence-corrected chi connectivity index (χ1v) is 10.7. The minimum absolute atomic E-state index is 0.237. The number of ether oxygens (including phenoxy) is 1. The molecule has 0 amide bonds. The number of H-pyrrole nitrogens is 1. The highest BCUT2D eigenvalue weighted by atomic mass is 32.2. The first-order chi connectivity index (χ1) is 15.4. The summed E-state index contributed by atoms with van der Waals surface area (Å²) in [6, 6.07) is 19.0. The van der Waals surface area contributed by atoms with Gasteiger partial charge >= 0.3 is 6.18 Å². The Morgan fingerprint density at radius 3 is 2.47 bits per heavy atom. The SMILES string of the molecule is Cc1cc(SCc2cccc(-c3ccc(C(F)(F)F)cc3)c2)ccc1OCc1nn[nH]n1. The normalized spacial score (nSPS) is 11.5. The van der Waals surface area contributed by atoms with Crippen molar-refractivity contribution in [3.05, 3.63) is 89.2 Å². The van der Waals surface area contributed by atoms with E-state index >= 15 is 0 Å². The molecular formula is C23H19F3N4OS. The maximum Gasteiger partial charge on any atom is 0.416 e. The molecular weight excluding hydrogens is 437 g/mol. The third kappa shape index (κ3) is 5.47. The van der Waals surface area contributed by atoms with E-state index in [4.69, 9.17) is 4.74 Å². The van der Waals surface area contributed by atoms with Gasteiger partial charge in [-0.3, -0.25) is 0 Å². The molecule has 0 saturated heterocycles. The van der Waals surface area contributed by atoms with Crippen molar-refractivity contribution >= 4 is 11.8 Å². The quantitative estimate of drug-likeness (QED) is 0.342. The van der Waals surface area contributed by atoms with E-state index in [0.717, 1.165) is 50.8 Å². The number of benzene rings is 3. The van der Waals surface area contributed by atoms with Crippen molar-refractivity contribution in [3.8, 4) is 16.9 Å². The Balaban J connectivity index is 1.39. The summed E-state index contributed by atoms with van der Waals surface area (Å²) >= 11 is 1.68. The molecule has 0 atom stereocenters. The Kier molecular flexibility index (Phi) is 6.45. The van der Waals surface area contributed by atoms with Gasteiger partial charge in [-0.15, -0.1) is 22.0 Å². The molecule has 0 aliphatic heterocycles. The molecule has 164 valence electrons. The van der Waals surface area contributed by atoms with Crippen molar-refractivity contribution in [1.29, 1.82) is 0 Å². The second kappa shape index (κ2) is 9.44. The minimum Gasteiger partial charge on any atom is -0.485 e. The van der Waals surface area contributed by atoms with Crippen LogP contribution in [0, 0.1) is 6.92 Å². The van der Waals surface area contributed by atoms with Crippen LogP contribution in [0.25, 0.3) is 11.1 Å². The second-order valence-corrected chi connectivity index (χ2v) is 8.16. The standard InChI is InChI=1S/C23H19F3N4OS/c1-15-11-20(9-10-21(15)31-13-22-27-29-30-28-22)32-14-16-3-2-4-18(12-16)17-5-7-19(8-6-17)23(24,25)26/h2-12H,13-14H2,1H3,(H,27,28,29,30). The molecule has 4 rings (SSSR count). The number of aromatic amines is 1. The van der Waals surface area contributed by atoms with Crippen LogP contribution >= 0.6 is 11.8 Å². The number of hydrogen-bond donors (Lipinski definition) is 1. The molecule has 5 nitrogen and oxygen atoms in total. The summed E-state index contributed by atoms with van der Waals surface area (Å²) in [7, 11) is 0. The molecule has 0 aliphatic carbocycles. The summed E-state index contributed by atoms with van der Waals surface area (Å²) in [5, 5.41) is 13.6. The third-order valence-corrected chi connectivity index (χ3v) is 5.84. The van der Waals surface area contributed by atoms with Crippen LogP contribution in [0.2, 0.25) is 0 Å². The van der Waals surface area contributed by atoms with Gasteiger partial charge in [0.15, 0.2) is 6.61 Å². The average molecular weight is 456 g/mol. The fraction of sp³-hybridized carbons (Fsp3) is 0.174. The maximum absolute atomic E-state index is 12.8. The van der Waals surface area contributed by atoms with E-state index in [2.05, 4.69) is 26.7 Å². The molecule has 32 heavy (non-hydrogen) atoms. The molecule has 1 N–H and O–H groups in total. The van der Waals surface area contributed by atoms with Crippen molar-refractivity contribution < 1.29 is 17.9 Å². The van der Waals surface area contributed by atoms with E-state index in [1.165, 1.54) is 12.1 Å². The molecule has 0 aliphatic rings. The van der Waals surface area contributed by atoms with E-state index in [-0.39, 0.29) is 6.61 Å². The van der Waals surface area contributed by atoms with Crippen molar-refractivity contribution in [1.82, 2.24) is 20.6 Å². The molecule has 0 unspecified atom stereocenters. The number of aromatic nitrogens is 4. The zero-order chi connectivity index (χ0) is 22.6. The Morgan fingerprint density at radius 1 is 0.969 bits per heavy atom. The molecule has 0 spiro atoms. The van der Waals surface area contributed by atoms with Crippen LogP contribution in [0.15, 0.2) is 71.6 Å². The van der Waals surface area contributed by atoms with E-state index in [1.54, 1.807) is 11.8 Å². The van der Waals surface area contributed by atoms with Crippen LogP contribution in [0.4, 0.5) is 13.2 Å². The number of tetrazole rings is 1. The number of thioether (sulfide) groups is 1.